The first-order chi connectivity index (χ1) is 27.2. The number of piperidine rings is 2. The van der Waals surface area contributed by atoms with E-state index >= 15 is 0 Å². The number of aryl methyl sites for hydroxylation is 2. The van der Waals surface area contributed by atoms with Gasteiger partial charge in [-0.3, -0.25) is 9.59 Å². The molecule has 6 aromatic rings. The Hall–Kier alpha value is -6.00. The average Bonchev–Trinajstić information content (AvgIpc) is 3.91. The molecule has 0 aliphatic carbocycles. The van der Waals surface area contributed by atoms with E-state index in [2.05, 4.69) is 45.7 Å². The summed E-state index contributed by atoms with van der Waals surface area (Å²) >= 11 is 3.22. The third kappa shape index (κ3) is 9.80. The van der Waals surface area contributed by atoms with Crippen LogP contribution in [0.1, 0.15) is 37.1 Å². The zero-order valence-electron chi connectivity index (χ0n) is 31.1. The maximum absolute atomic E-state index is 11.3. The number of carboxylic acids is 1. The summed E-state index contributed by atoms with van der Waals surface area (Å²) in [6, 6.07) is 19.8. The summed E-state index contributed by atoms with van der Waals surface area (Å²) in [4.78, 5) is 53.7. The molecule has 16 heteroatoms. The second-order valence-corrected chi connectivity index (χ2v) is 15.4. The number of benzene rings is 2. The van der Waals surface area contributed by atoms with Crippen molar-refractivity contribution in [1.29, 1.82) is 0 Å². The highest BCUT2D eigenvalue weighted by Crippen LogP contribution is 2.33. The number of aromatic nitrogens is 6. The smallest absolute Gasteiger partial charge is 0.306 e. The molecule has 0 saturated carbocycles. The number of nitrogens with zero attached hydrogens (tertiary/aromatic N) is 8. The summed E-state index contributed by atoms with van der Waals surface area (Å²) in [6.07, 6.45) is 6.39. The molecule has 2 aliphatic heterocycles. The van der Waals surface area contributed by atoms with Gasteiger partial charge in [0.25, 0.3) is 0 Å². The summed E-state index contributed by atoms with van der Waals surface area (Å²) in [5, 5.41) is 21.7. The van der Waals surface area contributed by atoms with Crippen molar-refractivity contribution in [3.05, 3.63) is 95.2 Å². The van der Waals surface area contributed by atoms with Crippen LogP contribution in [0, 0.1) is 25.7 Å². The predicted octanol–water partition coefficient (Wildman–Crippen LogP) is 7.31. The Morgan fingerprint density at radius 2 is 1.12 bits per heavy atom. The molecule has 0 spiro atoms. The van der Waals surface area contributed by atoms with Gasteiger partial charge in [-0.25, -0.2) is 29.9 Å². The van der Waals surface area contributed by atoms with Crippen molar-refractivity contribution < 1.29 is 14.7 Å². The van der Waals surface area contributed by atoms with Crippen molar-refractivity contribution in [2.24, 2.45) is 17.6 Å². The van der Waals surface area contributed by atoms with Gasteiger partial charge in [0.2, 0.25) is 17.8 Å². The van der Waals surface area contributed by atoms with Gasteiger partial charge in [0.15, 0.2) is 10.3 Å². The number of hydrogen-bond acceptors (Lipinski definition) is 14. The Morgan fingerprint density at radius 3 is 1.54 bits per heavy atom. The molecule has 2 aromatic carbocycles. The van der Waals surface area contributed by atoms with Crippen molar-refractivity contribution in [1.82, 2.24) is 29.9 Å². The number of carbonyl (C=O) groups is 2. The number of rotatable bonds is 10. The fraction of sp³-hybridized carbons (Fsp3) is 0.300. The lowest BCUT2D eigenvalue weighted by Crippen LogP contribution is -2.38. The van der Waals surface area contributed by atoms with Gasteiger partial charge in [-0.05, 0) is 75.9 Å². The predicted molar refractivity (Wildman–Crippen MR) is 222 cm³/mol. The molecule has 288 valence electrons. The number of thiazole rings is 2. The summed E-state index contributed by atoms with van der Waals surface area (Å²) in [6.45, 7) is 6.96. The van der Waals surface area contributed by atoms with E-state index in [1.54, 1.807) is 35.1 Å². The average molecular weight is 790 g/mol. The molecule has 5 N–H and O–H groups in total. The number of nitrogens with one attached hydrogen (secondary N) is 2. The summed E-state index contributed by atoms with van der Waals surface area (Å²) in [5.74, 6) is 0.0122. The number of amides is 1. The first-order valence-electron chi connectivity index (χ1n) is 18.4. The number of carbonyl (C=O) groups excluding carboxylic acids is 1. The molecule has 8 rings (SSSR count). The summed E-state index contributed by atoms with van der Waals surface area (Å²) in [5.41, 5.74) is 13.0. The van der Waals surface area contributed by atoms with Gasteiger partial charge in [0.05, 0.1) is 17.3 Å². The van der Waals surface area contributed by atoms with Crippen LogP contribution in [0.15, 0.2) is 83.8 Å². The maximum Gasteiger partial charge on any atom is 0.306 e. The Balaban J connectivity index is 0.000000172. The van der Waals surface area contributed by atoms with Crippen molar-refractivity contribution in [2.45, 2.75) is 39.5 Å². The molecule has 2 aliphatic rings. The monoisotopic (exact) mass is 789 g/mol. The molecular formula is C40H43N11O3S2. The van der Waals surface area contributed by atoms with Crippen molar-refractivity contribution in [2.75, 3.05) is 46.6 Å². The van der Waals surface area contributed by atoms with Gasteiger partial charge < -0.3 is 31.3 Å². The van der Waals surface area contributed by atoms with E-state index in [1.807, 2.05) is 79.9 Å². The van der Waals surface area contributed by atoms with E-state index in [0.717, 1.165) is 94.6 Å². The van der Waals surface area contributed by atoms with E-state index in [0.29, 0.717) is 24.7 Å². The van der Waals surface area contributed by atoms with Gasteiger partial charge in [0.1, 0.15) is 0 Å². The lowest BCUT2D eigenvalue weighted by molar-refractivity contribution is -0.142. The molecule has 2 saturated heterocycles. The fourth-order valence-corrected chi connectivity index (χ4v) is 8.32. The number of primary amides is 1. The number of anilines is 6. The highest BCUT2D eigenvalue weighted by atomic mass is 32.1. The second-order valence-electron chi connectivity index (χ2n) is 13.7. The number of nitrogens with two attached hydrogens (primary N) is 1. The van der Waals surface area contributed by atoms with E-state index < -0.39 is 5.97 Å². The molecule has 56 heavy (non-hydrogen) atoms. The minimum Gasteiger partial charge on any atom is -0.481 e. The summed E-state index contributed by atoms with van der Waals surface area (Å²) in [7, 11) is 0. The zero-order valence-corrected chi connectivity index (χ0v) is 32.8. The van der Waals surface area contributed by atoms with Gasteiger partial charge in [-0.1, -0.05) is 24.3 Å². The standard InChI is InChI=1S/C20H22N6OS.C20H21N5O2S/c1-13-5-8-22-19(23-13)24-16-4-2-3-15(11-16)17-12-28-20(25-17)26-9-6-14(7-10-26)18(21)27;1-13-5-8-21-19(22-13)23-16-4-2-3-15(11-16)17-12-28-20(24-17)25-9-6-14(7-10-25)18(26)27/h2-5,8,11-12,14H,6-7,9-10H2,1H3,(H2,21,27)(H,22,23,24);2-5,8,11-12,14H,6-7,9-10H2,1H3,(H,26,27)(H,21,22,23). The highest BCUT2D eigenvalue weighted by Gasteiger charge is 2.26. The van der Waals surface area contributed by atoms with E-state index in [-0.39, 0.29) is 17.7 Å². The van der Waals surface area contributed by atoms with Crippen LogP contribution in [0.5, 0.6) is 0 Å². The first-order valence-corrected chi connectivity index (χ1v) is 20.2. The van der Waals surface area contributed by atoms with Crippen LogP contribution >= 0.6 is 22.7 Å². The Bertz CT molecular complexity index is 2120. The van der Waals surface area contributed by atoms with Crippen molar-refractivity contribution in [3.63, 3.8) is 0 Å². The highest BCUT2D eigenvalue weighted by molar-refractivity contribution is 7.14. The first kappa shape index (κ1) is 38.3. The Labute approximate surface area is 332 Å². The van der Waals surface area contributed by atoms with Gasteiger partial charge in [0, 0.05) is 89.1 Å². The van der Waals surface area contributed by atoms with Crippen molar-refractivity contribution >= 4 is 68.1 Å². The molecule has 2 fully saturated rings. The molecule has 14 nitrogen and oxygen atoms in total. The molecule has 4 aromatic heterocycles. The normalized spacial score (nSPS) is 14.8. The number of hydrogen-bond donors (Lipinski definition) is 4. The number of aliphatic carboxylic acids is 1. The van der Waals surface area contributed by atoms with Gasteiger partial charge in [-0.2, -0.15) is 0 Å². The van der Waals surface area contributed by atoms with Crippen LogP contribution in [-0.2, 0) is 9.59 Å². The van der Waals surface area contributed by atoms with Crippen molar-refractivity contribution in [3.8, 4) is 22.5 Å². The maximum atomic E-state index is 11.3. The second kappa shape index (κ2) is 17.6. The summed E-state index contributed by atoms with van der Waals surface area (Å²) < 4.78 is 0. The zero-order chi connectivity index (χ0) is 39.0. The quantitative estimate of drug-likeness (QED) is 0.108. The molecule has 0 bridgehead atoms. The number of carboxylic acid groups (broad SMARTS) is 1. The van der Waals surface area contributed by atoms with E-state index in [4.69, 9.17) is 20.8 Å². The van der Waals surface area contributed by atoms with Gasteiger partial charge in [-0.15, -0.1) is 22.7 Å². The lowest BCUT2D eigenvalue weighted by Gasteiger charge is -2.30. The van der Waals surface area contributed by atoms with E-state index in [1.165, 1.54) is 0 Å². The topological polar surface area (TPSA) is 188 Å². The fourth-order valence-electron chi connectivity index (χ4n) is 6.55. The van der Waals surface area contributed by atoms with E-state index in [9.17, 15) is 9.59 Å². The van der Waals surface area contributed by atoms with Crippen LogP contribution in [0.4, 0.5) is 33.5 Å². The largest absolute Gasteiger partial charge is 0.481 e. The van der Waals surface area contributed by atoms with Crippen LogP contribution < -0.4 is 26.2 Å². The third-order valence-electron chi connectivity index (χ3n) is 9.69. The van der Waals surface area contributed by atoms with Gasteiger partial charge >= 0.3 is 5.97 Å². The molecule has 0 radical (unpaired) electrons. The SMILES string of the molecule is Cc1ccnc(Nc2cccc(-c3csc(N4CCC(C(=O)O)CC4)n3)c2)n1.Cc1ccnc(Nc2cccc(-c3csc(N4CCC(C(N)=O)CC4)n3)c2)n1. The molecule has 1 amide bonds. The molecule has 6 heterocycles. The van der Waals surface area contributed by atoms with Crippen LogP contribution in [0.25, 0.3) is 22.5 Å². The van der Waals surface area contributed by atoms with Crippen LogP contribution in [-0.4, -0.2) is 73.1 Å². The van der Waals surface area contributed by atoms with Crippen LogP contribution in [0.3, 0.4) is 0 Å². The lowest BCUT2D eigenvalue weighted by atomic mass is 9.97. The molecule has 0 atom stereocenters. The minimum atomic E-state index is -0.693. The molecular weight excluding hydrogens is 747 g/mol. The van der Waals surface area contributed by atoms with Crippen LogP contribution in [0.2, 0.25) is 0 Å². The third-order valence-corrected chi connectivity index (χ3v) is 11.5. The minimum absolute atomic E-state index is 0.0118. The Kier molecular flexibility index (Phi) is 12.1. The Morgan fingerprint density at radius 1 is 0.679 bits per heavy atom. The molecule has 0 unspecified atom stereocenters.